The highest BCUT2D eigenvalue weighted by Crippen LogP contribution is 2.46. The molecule has 13 rings (SSSR count). The molecule has 5 nitrogen and oxygen atoms in total. The van der Waals surface area contributed by atoms with Gasteiger partial charge in [0.15, 0.2) is 17.5 Å². The van der Waals surface area contributed by atoms with Crippen LogP contribution in [0.1, 0.15) is 0 Å². The number of hydrogen-bond acceptors (Lipinski definition) is 5. The Labute approximate surface area is 379 Å². The highest BCUT2D eigenvalue weighted by Gasteiger charge is 2.21. The van der Waals surface area contributed by atoms with E-state index in [-0.39, 0.29) is 0 Å². The van der Waals surface area contributed by atoms with Crippen LogP contribution >= 0.6 is 0 Å². The van der Waals surface area contributed by atoms with Gasteiger partial charge >= 0.3 is 0 Å². The monoisotopic (exact) mass is 843 g/mol. The van der Waals surface area contributed by atoms with Gasteiger partial charge in [-0.3, -0.25) is 0 Å². The Morgan fingerprint density at radius 2 is 0.818 bits per heavy atom. The molecule has 0 spiro atoms. The van der Waals surface area contributed by atoms with Crippen molar-refractivity contribution in [2.24, 2.45) is 0 Å². The molecule has 0 aliphatic heterocycles. The minimum absolute atomic E-state index is 0.550. The Hall–Kier alpha value is -8.93. The van der Waals surface area contributed by atoms with Gasteiger partial charge in [0.1, 0.15) is 22.3 Å². The number of aromatic nitrogens is 3. The maximum atomic E-state index is 6.48. The smallest absolute Gasteiger partial charge is 0.167 e. The summed E-state index contributed by atoms with van der Waals surface area (Å²) in [5.41, 5.74) is 14.9. The average molecular weight is 844 g/mol. The first-order valence-corrected chi connectivity index (χ1v) is 22.2. The minimum Gasteiger partial charge on any atom is -0.456 e. The molecular weight excluding hydrogens is 807 g/mol. The number of nitrogens with zero attached hydrogens (tertiary/aromatic N) is 3. The lowest BCUT2D eigenvalue weighted by Crippen LogP contribution is -2.00. The summed E-state index contributed by atoms with van der Waals surface area (Å²) in [6.45, 7) is 0. The number of fused-ring (bicyclic) bond motifs is 8. The summed E-state index contributed by atoms with van der Waals surface area (Å²) in [6.07, 6.45) is 0. The number of benzene rings is 10. The van der Waals surface area contributed by atoms with Crippen LogP contribution in [0.5, 0.6) is 0 Å². The van der Waals surface area contributed by atoms with Crippen LogP contribution in [0.4, 0.5) is 0 Å². The van der Waals surface area contributed by atoms with E-state index in [4.69, 9.17) is 23.8 Å². The molecule has 308 valence electrons. The molecule has 3 heterocycles. The van der Waals surface area contributed by atoms with Crippen LogP contribution in [0, 0.1) is 0 Å². The van der Waals surface area contributed by atoms with Crippen LogP contribution in [-0.4, -0.2) is 15.0 Å². The van der Waals surface area contributed by atoms with Crippen LogP contribution < -0.4 is 0 Å². The van der Waals surface area contributed by atoms with E-state index < -0.39 is 0 Å². The summed E-state index contributed by atoms with van der Waals surface area (Å²) < 4.78 is 12.9. The number of furan rings is 2. The Morgan fingerprint density at radius 1 is 0.273 bits per heavy atom. The molecule has 0 saturated carbocycles. The fourth-order valence-electron chi connectivity index (χ4n) is 9.59. The van der Waals surface area contributed by atoms with Gasteiger partial charge in [-0.1, -0.05) is 182 Å². The van der Waals surface area contributed by atoms with E-state index >= 15 is 0 Å². The standard InChI is InChI=1S/C61H37N3O2/c1-4-15-38(16-5-1)45-36-50(56(41-18-6-2-7-19-41)51(37-45)44-32-33-54-52(35-44)57-46-22-11-10-17-39(46)31-34-55(57)65-54)40-27-29-43(30-28-40)60-62-59(42-20-8-3-9-21-42)63-61(64-60)49-25-14-24-48-47-23-12-13-26-53(47)66-58(48)49/h1-37H. The molecule has 66 heavy (non-hydrogen) atoms. The van der Waals surface area contributed by atoms with Gasteiger partial charge in [-0.05, 0) is 97.7 Å². The third-order valence-electron chi connectivity index (χ3n) is 12.7. The van der Waals surface area contributed by atoms with E-state index in [2.05, 4.69) is 164 Å². The lowest BCUT2D eigenvalue weighted by molar-refractivity contribution is 0.669. The first-order chi connectivity index (χ1) is 32.7. The maximum absolute atomic E-state index is 6.48. The predicted molar refractivity (Wildman–Crippen MR) is 270 cm³/mol. The van der Waals surface area contributed by atoms with E-state index in [1.807, 2.05) is 60.7 Å². The van der Waals surface area contributed by atoms with Gasteiger partial charge < -0.3 is 8.83 Å². The highest BCUT2D eigenvalue weighted by atomic mass is 16.3. The van der Waals surface area contributed by atoms with Gasteiger partial charge in [-0.15, -0.1) is 0 Å². The Bertz CT molecular complexity index is 3970. The molecule has 0 atom stereocenters. The van der Waals surface area contributed by atoms with Crippen LogP contribution in [0.15, 0.2) is 233 Å². The molecule has 13 aromatic rings. The largest absolute Gasteiger partial charge is 0.456 e. The van der Waals surface area contributed by atoms with Crippen LogP contribution in [0.2, 0.25) is 0 Å². The lowest BCUT2D eigenvalue weighted by atomic mass is 9.84. The molecule has 0 aliphatic carbocycles. The molecule has 3 aromatic heterocycles. The summed E-state index contributed by atoms with van der Waals surface area (Å²) in [7, 11) is 0. The summed E-state index contributed by atoms with van der Waals surface area (Å²) >= 11 is 0. The Balaban J connectivity index is 1.00. The molecular formula is C61H37N3O2. The number of hydrogen-bond donors (Lipinski definition) is 0. The van der Waals surface area contributed by atoms with Gasteiger partial charge in [0.25, 0.3) is 0 Å². The zero-order valence-corrected chi connectivity index (χ0v) is 35.5. The van der Waals surface area contributed by atoms with Crippen molar-refractivity contribution in [1.82, 2.24) is 15.0 Å². The van der Waals surface area contributed by atoms with E-state index in [1.165, 1.54) is 10.8 Å². The van der Waals surface area contributed by atoms with Gasteiger partial charge in [0.05, 0.1) is 5.56 Å². The summed E-state index contributed by atoms with van der Waals surface area (Å²) in [6, 6.07) is 78.4. The van der Waals surface area contributed by atoms with Crippen molar-refractivity contribution in [3.8, 4) is 78.7 Å². The second kappa shape index (κ2) is 15.4. The first-order valence-electron chi connectivity index (χ1n) is 22.2. The van der Waals surface area contributed by atoms with Gasteiger partial charge in [-0.2, -0.15) is 0 Å². The van der Waals surface area contributed by atoms with E-state index in [1.54, 1.807) is 0 Å². The normalized spacial score (nSPS) is 11.6. The van der Waals surface area contributed by atoms with Gasteiger partial charge in [0, 0.05) is 32.7 Å². The van der Waals surface area contributed by atoms with Gasteiger partial charge in [0.2, 0.25) is 0 Å². The average Bonchev–Trinajstić information content (AvgIpc) is 3.98. The second-order valence-corrected chi connectivity index (χ2v) is 16.7. The molecule has 0 radical (unpaired) electrons. The zero-order valence-electron chi connectivity index (χ0n) is 35.5. The number of rotatable bonds is 7. The Morgan fingerprint density at radius 3 is 1.58 bits per heavy atom. The maximum Gasteiger partial charge on any atom is 0.167 e. The quantitative estimate of drug-likeness (QED) is 0.160. The van der Waals surface area contributed by atoms with Gasteiger partial charge in [-0.25, -0.2) is 15.0 Å². The molecule has 0 N–H and O–H groups in total. The molecule has 10 aromatic carbocycles. The summed E-state index contributed by atoms with van der Waals surface area (Å²) in [5.74, 6) is 1.72. The van der Waals surface area contributed by atoms with Crippen LogP contribution in [0.25, 0.3) is 133 Å². The molecule has 0 fully saturated rings. The van der Waals surface area contributed by atoms with Crippen molar-refractivity contribution in [2.45, 2.75) is 0 Å². The summed E-state index contributed by atoms with van der Waals surface area (Å²) in [5, 5.41) is 6.67. The predicted octanol–water partition coefficient (Wildman–Crippen LogP) is 16.5. The van der Waals surface area contributed by atoms with E-state index in [9.17, 15) is 0 Å². The lowest BCUT2D eigenvalue weighted by Gasteiger charge is -2.19. The molecule has 0 saturated heterocycles. The van der Waals surface area contributed by atoms with Crippen molar-refractivity contribution < 1.29 is 8.83 Å². The SMILES string of the molecule is c1ccc(-c2cc(-c3ccc(-c4nc(-c5ccccc5)nc(-c5cccc6c5oc5ccccc56)n4)cc3)c(-c3ccccc3)c(-c3ccc4oc5ccc6ccccc6c5c4c3)c2)cc1. The highest BCUT2D eigenvalue weighted by molar-refractivity contribution is 6.19. The topological polar surface area (TPSA) is 65.0 Å². The van der Waals surface area contributed by atoms with Crippen molar-refractivity contribution in [2.75, 3.05) is 0 Å². The minimum atomic E-state index is 0.550. The fraction of sp³-hybridized carbons (Fsp3) is 0. The molecule has 0 unspecified atom stereocenters. The third kappa shape index (κ3) is 6.36. The van der Waals surface area contributed by atoms with E-state index in [0.717, 1.165) is 105 Å². The van der Waals surface area contributed by atoms with Crippen molar-refractivity contribution in [3.63, 3.8) is 0 Å². The summed E-state index contributed by atoms with van der Waals surface area (Å²) in [4.78, 5) is 15.3. The fourth-order valence-corrected chi connectivity index (χ4v) is 9.59. The number of para-hydroxylation sites is 2. The van der Waals surface area contributed by atoms with Crippen molar-refractivity contribution in [3.05, 3.63) is 224 Å². The molecule has 5 heteroatoms. The zero-order chi connectivity index (χ0) is 43.6. The molecule has 0 amide bonds. The molecule has 0 aliphatic rings. The van der Waals surface area contributed by atoms with Crippen LogP contribution in [-0.2, 0) is 0 Å². The van der Waals surface area contributed by atoms with Crippen molar-refractivity contribution >= 4 is 54.6 Å². The van der Waals surface area contributed by atoms with E-state index in [0.29, 0.717) is 17.5 Å². The first kappa shape index (κ1) is 37.6. The third-order valence-corrected chi connectivity index (χ3v) is 12.7. The molecule has 0 bridgehead atoms. The second-order valence-electron chi connectivity index (χ2n) is 16.7. The Kier molecular flexibility index (Phi) is 8.78. The van der Waals surface area contributed by atoms with Crippen LogP contribution in [0.3, 0.4) is 0 Å². The van der Waals surface area contributed by atoms with Crippen molar-refractivity contribution in [1.29, 1.82) is 0 Å².